The summed E-state index contributed by atoms with van der Waals surface area (Å²) >= 11 is 0. The Balaban J connectivity index is 3.17. The standard InChI is InChI=1S/C9H21N3O/c1-4-6-10-9(13)11-7-5-8-12(2)3/h4-8H2,1-3H3,(H2,10,11,13). The number of carbonyl (C=O) groups excluding carboxylic acids is 1. The van der Waals surface area contributed by atoms with Gasteiger partial charge in [0.1, 0.15) is 0 Å². The molecule has 2 amide bonds. The fourth-order valence-corrected chi connectivity index (χ4v) is 0.898. The van der Waals surface area contributed by atoms with Crippen LogP contribution < -0.4 is 10.6 Å². The van der Waals surface area contributed by atoms with E-state index in [0.717, 1.165) is 32.5 Å². The maximum absolute atomic E-state index is 11.0. The molecule has 2 N–H and O–H groups in total. The first-order valence-electron chi connectivity index (χ1n) is 4.83. The lowest BCUT2D eigenvalue weighted by Gasteiger charge is -2.10. The summed E-state index contributed by atoms with van der Waals surface area (Å²) in [5.74, 6) is 0. The average molecular weight is 187 g/mol. The van der Waals surface area contributed by atoms with Crippen LogP contribution in [-0.2, 0) is 0 Å². The van der Waals surface area contributed by atoms with Crippen molar-refractivity contribution in [3.63, 3.8) is 0 Å². The molecule has 0 fully saturated rings. The number of hydrogen-bond acceptors (Lipinski definition) is 2. The molecule has 0 saturated heterocycles. The molecule has 0 aliphatic carbocycles. The van der Waals surface area contributed by atoms with Crippen molar-refractivity contribution in [2.45, 2.75) is 19.8 Å². The molecule has 0 aliphatic rings. The molecule has 0 radical (unpaired) electrons. The van der Waals surface area contributed by atoms with Crippen LogP contribution in [0.2, 0.25) is 0 Å². The molecule has 0 aromatic carbocycles. The van der Waals surface area contributed by atoms with Gasteiger partial charge >= 0.3 is 6.03 Å². The van der Waals surface area contributed by atoms with Gasteiger partial charge in [-0.2, -0.15) is 0 Å². The van der Waals surface area contributed by atoms with E-state index in [1.165, 1.54) is 0 Å². The van der Waals surface area contributed by atoms with Crippen molar-refractivity contribution in [2.75, 3.05) is 33.7 Å². The van der Waals surface area contributed by atoms with Crippen LogP contribution >= 0.6 is 0 Å². The molecule has 0 bridgehead atoms. The molecule has 0 saturated carbocycles. The van der Waals surface area contributed by atoms with E-state index in [1.807, 2.05) is 21.0 Å². The maximum Gasteiger partial charge on any atom is 0.314 e. The zero-order chi connectivity index (χ0) is 10.1. The Hall–Kier alpha value is -0.770. The van der Waals surface area contributed by atoms with E-state index in [0.29, 0.717) is 0 Å². The van der Waals surface area contributed by atoms with Crippen LogP contribution in [0.5, 0.6) is 0 Å². The first-order chi connectivity index (χ1) is 6.16. The van der Waals surface area contributed by atoms with Gasteiger partial charge in [-0.15, -0.1) is 0 Å². The van der Waals surface area contributed by atoms with Gasteiger partial charge in [0, 0.05) is 13.1 Å². The van der Waals surface area contributed by atoms with E-state index in [2.05, 4.69) is 15.5 Å². The van der Waals surface area contributed by atoms with Crippen molar-refractivity contribution in [2.24, 2.45) is 0 Å². The zero-order valence-electron chi connectivity index (χ0n) is 8.89. The molecule has 0 aromatic heterocycles. The van der Waals surface area contributed by atoms with Gasteiger partial charge in [0.15, 0.2) is 0 Å². The number of hydrogen-bond donors (Lipinski definition) is 2. The lowest BCUT2D eigenvalue weighted by molar-refractivity contribution is 0.240. The first-order valence-corrected chi connectivity index (χ1v) is 4.83. The lowest BCUT2D eigenvalue weighted by Crippen LogP contribution is -2.37. The van der Waals surface area contributed by atoms with Crippen molar-refractivity contribution >= 4 is 6.03 Å². The Kier molecular flexibility index (Phi) is 7.39. The van der Waals surface area contributed by atoms with Gasteiger partial charge in [-0.3, -0.25) is 0 Å². The molecule has 4 nitrogen and oxygen atoms in total. The molecular formula is C9H21N3O. The van der Waals surface area contributed by atoms with Crippen LogP contribution in [0.15, 0.2) is 0 Å². The van der Waals surface area contributed by atoms with Gasteiger partial charge in [-0.1, -0.05) is 6.92 Å². The van der Waals surface area contributed by atoms with Crippen molar-refractivity contribution in [1.29, 1.82) is 0 Å². The monoisotopic (exact) mass is 187 g/mol. The minimum atomic E-state index is -0.0550. The summed E-state index contributed by atoms with van der Waals surface area (Å²) in [6, 6.07) is -0.0550. The second kappa shape index (κ2) is 7.86. The highest BCUT2D eigenvalue weighted by atomic mass is 16.2. The van der Waals surface area contributed by atoms with Crippen molar-refractivity contribution < 1.29 is 4.79 Å². The van der Waals surface area contributed by atoms with Gasteiger partial charge in [-0.25, -0.2) is 4.79 Å². The van der Waals surface area contributed by atoms with Crippen LogP contribution in [0.25, 0.3) is 0 Å². The Bertz CT molecular complexity index is 137. The Morgan fingerprint density at radius 1 is 1.23 bits per heavy atom. The van der Waals surface area contributed by atoms with Crippen LogP contribution in [0.4, 0.5) is 4.79 Å². The van der Waals surface area contributed by atoms with Crippen LogP contribution in [0.1, 0.15) is 19.8 Å². The summed E-state index contributed by atoms with van der Waals surface area (Å²) in [7, 11) is 4.05. The lowest BCUT2D eigenvalue weighted by atomic mass is 10.4. The highest BCUT2D eigenvalue weighted by Crippen LogP contribution is 1.80. The van der Waals surface area contributed by atoms with Gasteiger partial charge in [0.25, 0.3) is 0 Å². The zero-order valence-corrected chi connectivity index (χ0v) is 8.89. The van der Waals surface area contributed by atoms with E-state index in [1.54, 1.807) is 0 Å². The highest BCUT2D eigenvalue weighted by molar-refractivity contribution is 5.73. The number of amides is 2. The molecule has 0 aliphatic heterocycles. The fraction of sp³-hybridized carbons (Fsp3) is 0.889. The third-order valence-electron chi connectivity index (χ3n) is 1.60. The Labute approximate surface area is 80.7 Å². The third-order valence-corrected chi connectivity index (χ3v) is 1.60. The molecule has 4 heteroatoms. The molecule has 0 spiro atoms. The summed E-state index contributed by atoms with van der Waals surface area (Å²) in [5, 5.41) is 5.55. The predicted molar refractivity (Wildman–Crippen MR) is 54.9 cm³/mol. The van der Waals surface area contributed by atoms with E-state index in [-0.39, 0.29) is 6.03 Å². The van der Waals surface area contributed by atoms with Crippen molar-refractivity contribution in [3.8, 4) is 0 Å². The van der Waals surface area contributed by atoms with Crippen LogP contribution in [0, 0.1) is 0 Å². The van der Waals surface area contributed by atoms with Gasteiger partial charge < -0.3 is 15.5 Å². The highest BCUT2D eigenvalue weighted by Gasteiger charge is 1.96. The van der Waals surface area contributed by atoms with E-state index in [4.69, 9.17) is 0 Å². The number of nitrogens with zero attached hydrogens (tertiary/aromatic N) is 1. The largest absolute Gasteiger partial charge is 0.338 e. The number of carbonyl (C=O) groups is 1. The Morgan fingerprint density at radius 2 is 1.85 bits per heavy atom. The minimum absolute atomic E-state index is 0.0550. The summed E-state index contributed by atoms with van der Waals surface area (Å²) in [6.45, 7) is 4.54. The fourth-order valence-electron chi connectivity index (χ4n) is 0.898. The molecule has 0 heterocycles. The van der Waals surface area contributed by atoms with Crippen LogP contribution in [-0.4, -0.2) is 44.7 Å². The predicted octanol–water partition coefficient (Wildman–Crippen LogP) is 0.647. The molecule has 78 valence electrons. The molecule has 0 aromatic rings. The summed E-state index contributed by atoms with van der Waals surface area (Å²) in [4.78, 5) is 13.1. The summed E-state index contributed by atoms with van der Waals surface area (Å²) < 4.78 is 0. The second-order valence-corrected chi connectivity index (χ2v) is 3.34. The quantitative estimate of drug-likeness (QED) is 0.600. The van der Waals surface area contributed by atoms with E-state index >= 15 is 0 Å². The van der Waals surface area contributed by atoms with Crippen molar-refractivity contribution in [3.05, 3.63) is 0 Å². The SMILES string of the molecule is CCCNC(=O)NCCCN(C)C. The van der Waals surface area contributed by atoms with Gasteiger partial charge in [0.05, 0.1) is 0 Å². The third kappa shape index (κ3) is 9.14. The summed E-state index contributed by atoms with van der Waals surface area (Å²) in [6.07, 6.45) is 1.97. The molecular weight excluding hydrogens is 166 g/mol. The maximum atomic E-state index is 11.0. The minimum Gasteiger partial charge on any atom is -0.338 e. The average Bonchev–Trinajstić information content (AvgIpc) is 2.08. The number of rotatable bonds is 6. The van der Waals surface area contributed by atoms with E-state index < -0.39 is 0 Å². The van der Waals surface area contributed by atoms with Crippen molar-refractivity contribution in [1.82, 2.24) is 15.5 Å². The number of nitrogens with one attached hydrogen (secondary N) is 2. The van der Waals surface area contributed by atoms with E-state index in [9.17, 15) is 4.79 Å². The number of urea groups is 1. The van der Waals surface area contributed by atoms with Gasteiger partial charge in [-0.05, 0) is 33.5 Å². The molecule has 13 heavy (non-hydrogen) atoms. The smallest absolute Gasteiger partial charge is 0.314 e. The molecule has 0 unspecified atom stereocenters. The Morgan fingerprint density at radius 3 is 2.38 bits per heavy atom. The molecule has 0 atom stereocenters. The second-order valence-electron chi connectivity index (χ2n) is 3.34. The molecule has 0 rings (SSSR count). The topological polar surface area (TPSA) is 44.4 Å². The van der Waals surface area contributed by atoms with Gasteiger partial charge in [0.2, 0.25) is 0 Å². The summed E-state index contributed by atoms with van der Waals surface area (Å²) in [5.41, 5.74) is 0. The van der Waals surface area contributed by atoms with Crippen LogP contribution in [0.3, 0.4) is 0 Å². The first kappa shape index (κ1) is 12.2. The normalized spacial score (nSPS) is 10.2.